The van der Waals surface area contributed by atoms with Gasteiger partial charge in [-0.25, -0.2) is 12.8 Å². The standard InChI is InChI=1S/C24H23FN2O5S/c1-3-32-21-12-9-19(10-13-21)27-33(29,30)23-16-20(11-14-22(23)31-2)26-24(28)15-6-17-4-7-18(25)8-5-17/h4-16,27H,3H2,1-2H3,(H,26,28)/b15-6+. The molecule has 3 aromatic carbocycles. The third-order valence-electron chi connectivity index (χ3n) is 4.44. The van der Waals surface area contributed by atoms with E-state index in [1.165, 1.54) is 61.7 Å². The quantitative estimate of drug-likeness (QED) is 0.443. The summed E-state index contributed by atoms with van der Waals surface area (Å²) in [4.78, 5) is 12.1. The van der Waals surface area contributed by atoms with Crippen molar-refractivity contribution in [3.05, 3.63) is 84.2 Å². The zero-order chi connectivity index (χ0) is 23.8. The van der Waals surface area contributed by atoms with Crippen LogP contribution in [0.3, 0.4) is 0 Å². The monoisotopic (exact) mass is 470 g/mol. The van der Waals surface area contributed by atoms with Gasteiger partial charge in [0.05, 0.1) is 13.7 Å². The Hall–Kier alpha value is -3.85. The highest BCUT2D eigenvalue weighted by Crippen LogP contribution is 2.29. The fraction of sp³-hybridized carbons (Fsp3) is 0.125. The minimum Gasteiger partial charge on any atom is -0.495 e. The number of carbonyl (C=O) groups is 1. The van der Waals surface area contributed by atoms with Crippen LogP contribution in [-0.2, 0) is 14.8 Å². The lowest BCUT2D eigenvalue weighted by molar-refractivity contribution is -0.111. The lowest BCUT2D eigenvalue weighted by Gasteiger charge is -2.14. The summed E-state index contributed by atoms with van der Waals surface area (Å²) in [5.74, 6) is -0.112. The Morgan fingerprint density at radius 1 is 1.00 bits per heavy atom. The van der Waals surface area contributed by atoms with Crippen molar-refractivity contribution in [2.45, 2.75) is 11.8 Å². The highest BCUT2D eigenvalue weighted by molar-refractivity contribution is 7.92. The van der Waals surface area contributed by atoms with E-state index in [0.29, 0.717) is 23.6 Å². The number of rotatable bonds is 9. The molecule has 3 aromatic rings. The number of anilines is 2. The molecule has 0 aliphatic rings. The number of amides is 1. The van der Waals surface area contributed by atoms with Gasteiger partial charge in [0, 0.05) is 17.5 Å². The molecule has 3 rings (SSSR count). The van der Waals surface area contributed by atoms with Gasteiger partial charge >= 0.3 is 0 Å². The molecule has 0 heterocycles. The average Bonchev–Trinajstić information content (AvgIpc) is 2.80. The smallest absolute Gasteiger partial charge is 0.265 e. The van der Waals surface area contributed by atoms with Gasteiger partial charge in [0.25, 0.3) is 10.0 Å². The Morgan fingerprint density at radius 3 is 2.30 bits per heavy atom. The molecular formula is C24H23FN2O5S. The van der Waals surface area contributed by atoms with Crippen molar-refractivity contribution in [2.75, 3.05) is 23.8 Å². The summed E-state index contributed by atoms with van der Waals surface area (Å²) in [5.41, 5.74) is 1.25. The molecule has 7 nitrogen and oxygen atoms in total. The molecule has 9 heteroatoms. The first-order valence-electron chi connectivity index (χ1n) is 9.99. The van der Waals surface area contributed by atoms with Gasteiger partial charge in [-0.15, -0.1) is 0 Å². The highest BCUT2D eigenvalue weighted by Gasteiger charge is 2.21. The number of hydrogen-bond donors (Lipinski definition) is 2. The number of carbonyl (C=O) groups excluding carboxylic acids is 1. The number of sulfonamides is 1. The van der Waals surface area contributed by atoms with Crippen LogP contribution >= 0.6 is 0 Å². The largest absolute Gasteiger partial charge is 0.495 e. The average molecular weight is 471 g/mol. The summed E-state index contributed by atoms with van der Waals surface area (Å²) < 4.78 is 52.0. The molecule has 0 saturated carbocycles. The maximum atomic E-state index is 13.0. The van der Waals surface area contributed by atoms with Gasteiger partial charge in [0.1, 0.15) is 22.2 Å². The van der Waals surface area contributed by atoms with E-state index < -0.39 is 15.9 Å². The second-order valence-corrected chi connectivity index (χ2v) is 8.45. The molecule has 2 N–H and O–H groups in total. The van der Waals surface area contributed by atoms with Gasteiger partial charge in [0.15, 0.2) is 0 Å². The van der Waals surface area contributed by atoms with Crippen molar-refractivity contribution in [2.24, 2.45) is 0 Å². The third-order valence-corrected chi connectivity index (χ3v) is 5.84. The van der Waals surface area contributed by atoms with Crippen molar-refractivity contribution in [1.82, 2.24) is 0 Å². The van der Waals surface area contributed by atoms with Gasteiger partial charge in [-0.2, -0.15) is 0 Å². The Morgan fingerprint density at radius 2 is 1.67 bits per heavy atom. The van der Waals surface area contributed by atoms with Crippen LogP contribution < -0.4 is 19.5 Å². The van der Waals surface area contributed by atoms with E-state index in [9.17, 15) is 17.6 Å². The molecule has 0 unspecified atom stereocenters. The van der Waals surface area contributed by atoms with E-state index in [2.05, 4.69) is 10.0 Å². The fourth-order valence-corrected chi connectivity index (χ4v) is 4.14. The number of benzene rings is 3. The predicted molar refractivity (Wildman–Crippen MR) is 125 cm³/mol. The lowest BCUT2D eigenvalue weighted by atomic mass is 10.2. The van der Waals surface area contributed by atoms with E-state index in [0.717, 1.165) is 0 Å². The zero-order valence-electron chi connectivity index (χ0n) is 18.0. The van der Waals surface area contributed by atoms with Crippen LogP contribution in [0.4, 0.5) is 15.8 Å². The molecule has 0 atom stereocenters. The van der Waals surface area contributed by atoms with E-state index in [4.69, 9.17) is 9.47 Å². The molecular weight excluding hydrogens is 447 g/mol. The summed E-state index contributed by atoms with van der Waals surface area (Å²) in [6.07, 6.45) is 2.78. The second kappa shape index (κ2) is 10.6. The second-order valence-electron chi connectivity index (χ2n) is 6.80. The SMILES string of the molecule is CCOc1ccc(NS(=O)(=O)c2cc(NC(=O)/C=C/c3ccc(F)cc3)ccc2OC)cc1. The molecule has 0 saturated heterocycles. The molecule has 172 valence electrons. The van der Waals surface area contributed by atoms with Crippen LogP contribution in [0.2, 0.25) is 0 Å². The third kappa shape index (κ3) is 6.56. The molecule has 0 aromatic heterocycles. The summed E-state index contributed by atoms with van der Waals surface area (Å²) in [7, 11) is -2.66. The summed E-state index contributed by atoms with van der Waals surface area (Å²) >= 11 is 0. The van der Waals surface area contributed by atoms with Gasteiger partial charge in [0.2, 0.25) is 5.91 Å². The normalized spacial score (nSPS) is 11.2. The van der Waals surface area contributed by atoms with Gasteiger partial charge in [-0.3, -0.25) is 9.52 Å². The molecule has 1 amide bonds. The summed E-state index contributed by atoms with van der Waals surface area (Å²) in [6, 6.07) is 16.4. The number of halogens is 1. The van der Waals surface area contributed by atoms with Crippen molar-refractivity contribution >= 4 is 33.4 Å². The first-order valence-corrected chi connectivity index (χ1v) is 11.5. The number of methoxy groups -OCH3 is 1. The maximum absolute atomic E-state index is 13.0. The number of hydrogen-bond acceptors (Lipinski definition) is 5. The molecule has 0 aliphatic carbocycles. The molecule has 33 heavy (non-hydrogen) atoms. The number of nitrogens with one attached hydrogen (secondary N) is 2. The van der Waals surface area contributed by atoms with Crippen molar-refractivity contribution in [3.63, 3.8) is 0 Å². The van der Waals surface area contributed by atoms with Crippen molar-refractivity contribution in [1.29, 1.82) is 0 Å². The van der Waals surface area contributed by atoms with Gasteiger partial charge < -0.3 is 14.8 Å². The van der Waals surface area contributed by atoms with Crippen LogP contribution in [-0.4, -0.2) is 28.0 Å². The van der Waals surface area contributed by atoms with Gasteiger partial charge in [-0.05, 0) is 73.2 Å². The summed E-state index contributed by atoms with van der Waals surface area (Å²) in [5, 5.41) is 2.61. The minimum atomic E-state index is -4.02. The molecule has 0 bridgehead atoms. The fourth-order valence-electron chi connectivity index (χ4n) is 2.89. The summed E-state index contributed by atoms with van der Waals surface area (Å²) in [6.45, 7) is 2.35. The minimum absolute atomic E-state index is 0.119. The van der Waals surface area contributed by atoms with Gasteiger partial charge in [-0.1, -0.05) is 12.1 Å². The maximum Gasteiger partial charge on any atom is 0.265 e. The van der Waals surface area contributed by atoms with Crippen LogP contribution in [0.15, 0.2) is 77.7 Å². The first-order chi connectivity index (χ1) is 15.8. The van der Waals surface area contributed by atoms with E-state index in [-0.39, 0.29) is 22.1 Å². The Bertz CT molecular complexity index is 1240. The topological polar surface area (TPSA) is 93.7 Å². The highest BCUT2D eigenvalue weighted by atomic mass is 32.2. The Kier molecular flexibility index (Phi) is 7.68. The molecule has 0 radical (unpaired) electrons. The zero-order valence-corrected chi connectivity index (χ0v) is 18.9. The molecule has 0 aliphatic heterocycles. The van der Waals surface area contributed by atoms with E-state index in [1.54, 1.807) is 24.3 Å². The first kappa shape index (κ1) is 23.8. The van der Waals surface area contributed by atoms with Crippen LogP contribution in [0.25, 0.3) is 6.08 Å². The Labute approximate surface area is 191 Å². The van der Waals surface area contributed by atoms with Crippen LogP contribution in [0.5, 0.6) is 11.5 Å². The molecule has 0 fully saturated rings. The predicted octanol–water partition coefficient (Wildman–Crippen LogP) is 4.69. The van der Waals surface area contributed by atoms with Crippen molar-refractivity contribution < 1.29 is 27.1 Å². The number of ether oxygens (including phenoxy) is 2. The Balaban J connectivity index is 1.77. The van der Waals surface area contributed by atoms with E-state index >= 15 is 0 Å². The lowest BCUT2D eigenvalue weighted by Crippen LogP contribution is -2.15. The molecule has 0 spiro atoms. The van der Waals surface area contributed by atoms with Crippen LogP contribution in [0, 0.1) is 5.82 Å². The van der Waals surface area contributed by atoms with E-state index in [1.807, 2.05) is 6.92 Å². The van der Waals surface area contributed by atoms with Crippen LogP contribution in [0.1, 0.15) is 12.5 Å². The van der Waals surface area contributed by atoms with Crippen molar-refractivity contribution in [3.8, 4) is 11.5 Å².